The number of hydrogen-bond donors (Lipinski definition) is 1. The lowest BCUT2D eigenvalue weighted by Crippen LogP contribution is -1.97. The van der Waals surface area contributed by atoms with Crippen LogP contribution in [0.4, 0.5) is 0 Å². The second-order valence-corrected chi connectivity index (χ2v) is 5.92. The zero-order valence-corrected chi connectivity index (χ0v) is 17.3. The number of aliphatic hydroxyl groups excluding tert-OH is 1. The number of carbonyl (C=O) groups excluding carboxylic acids is 1. The van der Waals surface area contributed by atoms with Crippen LogP contribution in [0, 0.1) is 6.92 Å². The lowest BCUT2D eigenvalue weighted by atomic mass is 10.1. The van der Waals surface area contributed by atoms with E-state index < -0.39 is 0 Å². The van der Waals surface area contributed by atoms with Gasteiger partial charge < -0.3 is 5.11 Å². The van der Waals surface area contributed by atoms with Gasteiger partial charge in [0, 0.05) is 5.56 Å². The summed E-state index contributed by atoms with van der Waals surface area (Å²) < 4.78 is 0. The van der Waals surface area contributed by atoms with Gasteiger partial charge in [0.1, 0.15) is 0 Å². The average Bonchev–Trinajstić information content (AvgIpc) is 2.49. The Morgan fingerprint density at radius 3 is 1.88 bits per heavy atom. The molecule has 140 valence electrons. The zero-order chi connectivity index (χ0) is 19.5. The summed E-state index contributed by atoms with van der Waals surface area (Å²) in [6.45, 7) is 19.0. The van der Waals surface area contributed by atoms with E-state index in [-0.39, 0.29) is 11.9 Å². The number of carbonyl (C=O) groups is 1. The van der Waals surface area contributed by atoms with Gasteiger partial charge in [-0.25, -0.2) is 0 Å². The van der Waals surface area contributed by atoms with E-state index in [1.807, 2.05) is 65.8 Å². The molecule has 24 heavy (non-hydrogen) atoms. The number of rotatable bonds is 5. The van der Waals surface area contributed by atoms with Crippen molar-refractivity contribution in [3.8, 4) is 0 Å². The maximum absolute atomic E-state index is 10.9. The molecule has 0 amide bonds. The van der Waals surface area contributed by atoms with Crippen molar-refractivity contribution >= 4 is 5.78 Å². The van der Waals surface area contributed by atoms with E-state index in [0.717, 1.165) is 17.5 Å². The Balaban J connectivity index is -0.000000283. The molecule has 1 rings (SSSR count). The van der Waals surface area contributed by atoms with Gasteiger partial charge in [0.05, 0.1) is 6.10 Å². The van der Waals surface area contributed by atoms with Crippen molar-refractivity contribution in [3.05, 3.63) is 47.5 Å². The summed E-state index contributed by atoms with van der Waals surface area (Å²) in [4.78, 5) is 10.9. The summed E-state index contributed by atoms with van der Waals surface area (Å²) >= 11 is 0. The molecule has 0 saturated carbocycles. The Labute approximate surface area is 151 Å². The first-order valence-electron chi connectivity index (χ1n) is 9.09. The van der Waals surface area contributed by atoms with Crippen molar-refractivity contribution in [1.82, 2.24) is 0 Å². The number of hydrogen-bond acceptors (Lipinski definition) is 2. The van der Waals surface area contributed by atoms with Crippen LogP contribution in [0.25, 0.3) is 0 Å². The zero-order valence-electron chi connectivity index (χ0n) is 17.3. The highest BCUT2D eigenvalue weighted by Gasteiger charge is 1.99. The van der Waals surface area contributed by atoms with Gasteiger partial charge in [0.25, 0.3) is 0 Å². The molecule has 0 saturated heterocycles. The lowest BCUT2D eigenvalue weighted by molar-refractivity contribution is 0.101. The molecule has 1 aromatic carbocycles. The first kappa shape index (κ1) is 27.4. The molecule has 0 aliphatic rings. The first-order chi connectivity index (χ1) is 11.2. The highest BCUT2D eigenvalue weighted by Crippen LogP contribution is 2.06. The molecule has 1 unspecified atom stereocenters. The standard InChI is InChI=1S/C9H10O.C7H16O.C4H8.C2H6/c1-7-5-3-4-6-9(7)8(2)10;1-3-4-5-6-7(2)8;1-4(2)3;1-2/h3-6H,1-2H3;7-8H,3-6H2,1-2H3;1H2,2-3H3;1-2H3. The van der Waals surface area contributed by atoms with Gasteiger partial charge in [-0.3, -0.25) is 4.79 Å². The van der Waals surface area contributed by atoms with Crippen LogP contribution in [-0.4, -0.2) is 17.0 Å². The Morgan fingerprint density at radius 1 is 1.12 bits per heavy atom. The number of aliphatic hydroxyl groups is 1. The van der Waals surface area contributed by atoms with E-state index in [1.54, 1.807) is 6.92 Å². The molecular formula is C22H40O2. The van der Waals surface area contributed by atoms with Crippen LogP contribution in [-0.2, 0) is 0 Å². The predicted molar refractivity (Wildman–Crippen MR) is 109 cm³/mol. The summed E-state index contributed by atoms with van der Waals surface area (Å²) in [5, 5.41) is 8.78. The summed E-state index contributed by atoms with van der Waals surface area (Å²) in [6, 6.07) is 7.60. The molecule has 0 spiro atoms. The second-order valence-electron chi connectivity index (χ2n) is 5.92. The Morgan fingerprint density at radius 2 is 1.58 bits per heavy atom. The van der Waals surface area contributed by atoms with E-state index in [0.29, 0.717) is 0 Å². The maximum Gasteiger partial charge on any atom is 0.160 e. The lowest BCUT2D eigenvalue weighted by Gasteiger charge is -2.00. The molecule has 1 N–H and O–H groups in total. The molecule has 1 aromatic rings. The minimum Gasteiger partial charge on any atom is -0.393 e. The Hall–Kier alpha value is -1.41. The van der Waals surface area contributed by atoms with Crippen LogP contribution in [0.3, 0.4) is 0 Å². The molecule has 0 radical (unpaired) electrons. The van der Waals surface area contributed by atoms with E-state index in [2.05, 4.69) is 13.5 Å². The summed E-state index contributed by atoms with van der Waals surface area (Å²) in [6.07, 6.45) is 4.54. The smallest absolute Gasteiger partial charge is 0.160 e. The molecule has 1 atom stereocenters. The number of aryl methyl sites for hydroxylation is 1. The molecular weight excluding hydrogens is 296 g/mol. The van der Waals surface area contributed by atoms with E-state index in [4.69, 9.17) is 5.11 Å². The van der Waals surface area contributed by atoms with Gasteiger partial charge in [-0.2, -0.15) is 0 Å². The van der Waals surface area contributed by atoms with Crippen LogP contribution in [0.5, 0.6) is 0 Å². The van der Waals surface area contributed by atoms with Crippen molar-refractivity contribution in [2.24, 2.45) is 0 Å². The Kier molecular flexibility index (Phi) is 22.4. The molecule has 0 aliphatic carbocycles. The third-order valence-corrected chi connectivity index (χ3v) is 2.75. The molecule has 0 aromatic heterocycles. The van der Waals surface area contributed by atoms with Crippen molar-refractivity contribution in [2.45, 2.75) is 87.2 Å². The van der Waals surface area contributed by atoms with E-state index in [1.165, 1.54) is 24.8 Å². The number of allylic oxidation sites excluding steroid dienone is 1. The highest BCUT2D eigenvalue weighted by molar-refractivity contribution is 5.95. The molecule has 2 nitrogen and oxygen atoms in total. The minimum absolute atomic E-state index is 0.0958. The third-order valence-electron chi connectivity index (χ3n) is 2.75. The fourth-order valence-electron chi connectivity index (χ4n) is 1.66. The quantitative estimate of drug-likeness (QED) is 0.366. The van der Waals surface area contributed by atoms with Gasteiger partial charge >= 0.3 is 0 Å². The van der Waals surface area contributed by atoms with Crippen LogP contribution in [0.1, 0.15) is 90.1 Å². The third kappa shape index (κ3) is 22.9. The summed E-state index contributed by atoms with van der Waals surface area (Å²) in [7, 11) is 0. The van der Waals surface area contributed by atoms with Crippen molar-refractivity contribution in [3.63, 3.8) is 0 Å². The minimum atomic E-state index is -0.0958. The van der Waals surface area contributed by atoms with Crippen molar-refractivity contribution in [2.75, 3.05) is 0 Å². The summed E-state index contributed by atoms with van der Waals surface area (Å²) in [5.41, 5.74) is 3.04. The first-order valence-corrected chi connectivity index (χ1v) is 9.09. The number of unbranched alkanes of at least 4 members (excludes halogenated alkanes) is 2. The SMILES string of the molecule is C=C(C)C.CC.CC(=O)c1ccccc1C.CCCCCC(C)O. The fraction of sp³-hybridized carbons (Fsp3) is 0.591. The second kappa shape index (κ2) is 19.6. The Bertz CT molecular complexity index is 416. The topological polar surface area (TPSA) is 37.3 Å². The van der Waals surface area contributed by atoms with E-state index >= 15 is 0 Å². The maximum atomic E-state index is 10.9. The predicted octanol–water partition coefficient (Wildman–Crippen LogP) is 6.75. The number of benzene rings is 1. The van der Waals surface area contributed by atoms with Crippen molar-refractivity contribution < 1.29 is 9.90 Å². The van der Waals surface area contributed by atoms with Crippen LogP contribution >= 0.6 is 0 Å². The molecule has 0 aliphatic heterocycles. The highest BCUT2D eigenvalue weighted by atomic mass is 16.3. The number of Topliss-reactive ketones (excluding diaryl/α,β-unsaturated/α-hetero) is 1. The van der Waals surface area contributed by atoms with Crippen LogP contribution in [0.2, 0.25) is 0 Å². The largest absolute Gasteiger partial charge is 0.393 e. The molecule has 0 bridgehead atoms. The van der Waals surface area contributed by atoms with Gasteiger partial charge in [-0.05, 0) is 46.6 Å². The number of ketones is 1. The van der Waals surface area contributed by atoms with Gasteiger partial charge in [-0.15, -0.1) is 6.58 Å². The molecule has 2 heteroatoms. The van der Waals surface area contributed by atoms with Crippen molar-refractivity contribution in [1.29, 1.82) is 0 Å². The van der Waals surface area contributed by atoms with E-state index in [9.17, 15) is 4.79 Å². The average molecular weight is 337 g/mol. The molecule has 0 heterocycles. The van der Waals surface area contributed by atoms with Gasteiger partial charge in [0.15, 0.2) is 5.78 Å². The van der Waals surface area contributed by atoms with Gasteiger partial charge in [0.2, 0.25) is 0 Å². The van der Waals surface area contributed by atoms with Gasteiger partial charge in [-0.1, -0.05) is 69.9 Å². The molecule has 0 fully saturated rings. The normalized spacial score (nSPS) is 9.88. The monoisotopic (exact) mass is 336 g/mol. The fourth-order valence-corrected chi connectivity index (χ4v) is 1.66. The summed E-state index contributed by atoms with van der Waals surface area (Å²) in [5.74, 6) is 0.137. The van der Waals surface area contributed by atoms with Crippen LogP contribution < -0.4 is 0 Å². The van der Waals surface area contributed by atoms with Crippen LogP contribution in [0.15, 0.2) is 36.4 Å².